The van der Waals surface area contributed by atoms with Crippen LogP contribution in [0.15, 0.2) is 143 Å². The second-order valence-corrected chi connectivity index (χ2v) is 13.1. The van der Waals surface area contributed by atoms with Crippen molar-refractivity contribution in [1.82, 2.24) is 33.7 Å². The number of fused-ring (bicyclic) bond motifs is 9. The Morgan fingerprint density at radius 1 is 0.604 bits per heavy atom. The minimum atomic E-state index is -0.385. The third kappa shape index (κ3) is 3.70. The van der Waals surface area contributed by atoms with Gasteiger partial charge in [0.2, 0.25) is 0 Å². The summed E-state index contributed by atoms with van der Waals surface area (Å²) in [5.74, 6) is -0.385. The van der Waals surface area contributed by atoms with Crippen molar-refractivity contribution < 1.29 is 13.2 Å². The molecule has 0 saturated heterocycles. The number of para-hydroxylation sites is 2. The second-order valence-electron chi connectivity index (χ2n) is 13.1. The third-order valence-corrected chi connectivity index (χ3v) is 10.4. The summed E-state index contributed by atoms with van der Waals surface area (Å²) in [5.41, 5.74) is 10.0. The molecule has 12 aromatic rings. The Hall–Kier alpha value is -7.46. The number of furan rings is 2. The average molecular weight is 688 g/mol. The highest BCUT2D eigenvalue weighted by Gasteiger charge is 2.27. The van der Waals surface area contributed by atoms with E-state index in [1.165, 1.54) is 6.07 Å². The molecule has 0 fully saturated rings. The van der Waals surface area contributed by atoms with Gasteiger partial charge in [0.05, 0.1) is 40.8 Å². The van der Waals surface area contributed by atoms with Crippen LogP contribution in [0.2, 0.25) is 0 Å². The molecule has 8 heterocycles. The summed E-state index contributed by atoms with van der Waals surface area (Å²) in [5, 5.41) is 4.85. The van der Waals surface area contributed by atoms with Gasteiger partial charge in [0, 0.05) is 68.4 Å². The molecule has 0 spiro atoms. The maximum absolute atomic E-state index is 16.4. The van der Waals surface area contributed by atoms with Gasteiger partial charge in [0.25, 0.3) is 0 Å². The van der Waals surface area contributed by atoms with Gasteiger partial charge in [-0.05, 0) is 48.0 Å². The van der Waals surface area contributed by atoms with Crippen molar-refractivity contribution in [2.24, 2.45) is 0 Å². The molecule has 0 saturated carbocycles. The van der Waals surface area contributed by atoms with E-state index in [2.05, 4.69) is 33.7 Å². The molecule has 0 unspecified atom stereocenters. The van der Waals surface area contributed by atoms with Gasteiger partial charge < -0.3 is 8.83 Å². The smallest absolute Gasteiger partial charge is 0.165 e. The van der Waals surface area contributed by atoms with E-state index in [4.69, 9.17) is 28.8 Å². The highest BCUT2D eigenvalue weighted by molar-refractivity contribution is 6.22. The fourth-order valence-corrected chi connectivity index (χ4v) is 8.23. The Kier molecular flexibility index (Phi) is 5.49. The van der Waals surface area contributed by atoms with Crippen LogP contribution in [0.3, 0.4) is 0 Å². The van der Waals surface area contributed by atoms with Crippen LogP contribution < -0.4 is 5.48 Å². The van der Waals surface area contributed by atoms with Crippen molar-refractivity contribution in [3.8, 4) is 11.3 Å². The fraction of sp³-hybridized carbons (Fsp3) is 0. The quantitative estimate of drug-likeness (QED) is 0.183. The third-order valence-electron chi connectivity index (χ3n) is 10.4. The zero-order valence-corrected chi connectivity index (χ0v) is 27.5. The first-order chi connectivity index (χ1) is 26.2. The maximum Gasteiger partial charge on any atom is 0.165 e. The van der Waals surface area contributed by atoms with Crippen LogP contribution in [0.25, 0.3) is 93.7 Å². The first-order valence-electron chi connectivity index (χ1n) is 17.1. The largest absolute Gasteiger partial charge is 0.464 e. The molecule has 53 heavy (non-hydrogen) atoms. The van der Waals surface area contributed by atoms with E-state index >= 15 is 4.39 Å². The maximum atomic E-state index is 16.4. The van der Waals surface area contributed by atoms with E-state index in [1.54, 1.807) is 43.5 Å². The van der Waals surface area contributed by atoms with Crippen molar-refractivity contribution >= 4 is 82.4 Å². The van der Waals surface area contributed by atoms with Crippen molar-refractivity contribution in [3.05, 3.63) is 157 Å². The zero-order valence-electron chi connectivity index (χ0n) is 27.5. The van der Waals surface area contributed by atoms with E-state index in [0.29, 0.717) is 38.8 Å². The van der Waals surface area contributed by atoms with Crippen molar-refractivity contribution in [1.29, 1.82) is 0 Å². The van der Waals surface area contributed by atoms with Crippen LogP contribution >= 0.6 is 0 Å². The lowest BCUT2D eigenvalue weighted by Crippen LogP contribution is -2.25. The van der Waals surface area contributed by atoms with Gasteiger partial charge >= 0.3 is 0 Å². The summed E-state index contributed by atoms with van der Waals surface area (Å²) in [7, 11) is 0. The number of hydrogen-bond acceptors (Lipinski definition) is 7. The lowest BCUT2D eigenvalue weighted by Gasteiger charge is -2.13. The molecule has 10 heteroatoms. The molecule has 12 rings (SSSR count). The van der Waals surface area contributed by atoms with Crippen LogP contribution in [-0.4, -0.2) is 33.7 Å². The Morgan fingerprint density at radius 3 is 2.32 bits per heavy atom. The molecule has 248 valence electrons. The van der Waals surface area contributed by atoms with Crippen molar-refractivity contribution in [2.75, 3.05) is 0 Å². The first kappa shape index (κ1) is 28.3. The van der Waals surface area contributed by atoms with Gasteiger partial charge in [-0.2, -0.15) is 0 Å². The van der Waals surface area contributed by atoms with Gasteiger partial charge in [-0.1, -0.05) is 48.5 Å². The lowest BCUT2D eigenvalue weighted by atomic mass is 9.94. The van der Waals surface area contributed by atoms with Gasteiger partial charge in [-0.3, -0.25) is 18.8 Å². The van der Waals surface area contributed by atoms with Gasteiger partial charge in [0.1, 0.15) is 33.5 Å². The Morgan fingerprint density at radius 2 is 1.38 bits per heavy atom. The number of pyridine rings is 1. The molecular weight excluding hydrogens is 666 g/mol. The molecule has 0 aliphatic heterocycles. The molecule has 4 aromatic carbocycles. The Balaban J connectivity index is 1.48. The minimum Gasteiger partial charge on any atom is -0.464 e. The zero-order chi connectivity index (χ0) is 34.8. The summed E-state index contributed by atoms with van der Waals surface area (Å²) < 4.78 is 32.8. The van der Waals surface area contributed by atoms with E-state index in [0.717, 1.165) is 71.5 Å². The standard InChI is InChI=1S/C43H22FN7O2/c44-31-11-10-28-27-6-2-8-30-36-41(48-22-32(49-36)23-12-16-45-17-13-23)50(38(27)30)43(51-39(28)35(31)37-42(51)47-19-18-46-37)34(26-5-3-9-33-25(26)15-21-52-33)29-7-1-4-24-14-20-53-40(24)29/h1-22H/b43-34+. The van der Waals surface area contributed by atoms with Gasteiger partial charge in [0.15, 0.2) is 11.3 Å². The van der Waals surface area contributed by atoms with E-state index < -0.39 is 0 Å². The molecule has 8 aromatic heterocycles. The van der Waals surface area contributed by atoms with Crippen LogP contribution in [0.4, 0.5) is 4.39 Å². The van der Waals surface area contributed by atoms with Crippen LogP contribution in [0.5, 0.6) is 0 Å². The summed E-state index contributed by atoms with van der Waals surface area (Å²) in [6, 6.07) is 29.4. The van der Waals surface area contributed by atoms with Crippen LogP contribution in [0, 0.1) is 5.82 Å². The summed E-state index contributed by atoms with van der Waals surface area (Å²) in [6.45, 7) is 0. The lowest BCUT2D eigenvalue weighted by molar-refractivity contribution is 0.614. The molecule has 9 nitrogen and oxygen atoms in total. The number of benzene rings is 4. The molecule has 0 amide bonds. The number of aromatic nitrogens is 7. The minimum absolute atomic E-state index is 0.385. The second kappa shape index (κ2) is 10.3. The number of nitrogens with zero attached hydrogens (tertiary/aromatic N) is 7. The highest BCUT2D eigenvalue weighted by Crippen LogP contribution is 2.39. The number of rotatable bonds is 3. The molecule has 0 bridgehead atoms. The van der Waals surface area contributed by atoms with Crippen LogP contribution in [0.1, 0.15) is 11.1 Å². The summed E-state index contributed by atoms with van der Waals surface area (Å²) >= 11 is 0. The van der Waals surface area contributed by atoms with Gasteiger partial charge in [-0.25, -0.2) is 19.3 Å². The predicted octanol–water partition coefficient (Wildman–Crippen LogP) is 9.04. The van der Waals surface area contributed by atoms with Crippen molar-refractivity contribution in [3.63, 3.8) is 0 Å². The number of hydrogen-bond donors (Lipinski definition) is 0. The molecule has 0 atom stereocenters. The van der Waals surface area contributed by atoms with Gasteiger partial charge in [-0.15, -0.1) is 0 Å². The normalized spacial score (nSPS) is 12.9. The molecule has 0 aliphatic rings. The molecule has 0 aliphatic carbocycles. The molecular formula is C43H22FN7O2. The molecule has 0 N–H and O–H groups in total. The van der Waals surface area contributed by atoms with E-state index in [1.807, 2.05) is 65.1 Å². The highest BCUT2D eigenvalue weighted by atomic mass is 19.1. The Labute approximate surface area is 296 Å². The fourth-order valence-electron chi connectivity index (χ4n) is 8.23. The monoisotopic (exact) mass is 687 g/mol. The van der Waals surface area contributed by atoms with Crippen molar-refractivity contribution in [2.45, 2.75) is 0 Å². The number of halogens is 1. The summed E-state index contributed by atoms with van der Waals surface area (Å²) in [6.07, 6.45) is 11.9. The van der Waals surface area contributed by atoms with E-state index in [-0.39, 0.29) is 5.82 Å². The van der Waals surface area contributed by atoms with E-state index in [9.17, 15) is 0 Å². The Bertz CT molecular complexity index is 3470. The first-order valence-corrected chi connectivity index (χ1v) is 17.1. The molecule has 0 radical (unpaired) electrons. The van der Waals surface area contributed by atoms with Crippen LogP contribution in [-0.2, 0) is 0 Å². The topological polar surface area (TPSA) is 99.5 Å². The SMILES string of the molecule is Fc1ccc2c3cccc4c5nc(-c6ccncc6)cnc5n(/c(=C(/c5cccc6occc56)c5cccc6ccoc56)n5c6nccnc6c1c25)c34. The predicted molar refractivity (Wildman–Crippen MR) is 202 cm³/mol. The summed E-state index contributed by atoms with van der Waals surface area (Å²) in [4.78, 5) is 24.3. The average Bonchev–Trinajstić information content (AvgIpc) is 4.00.